The van der Waals surface area contributed by atoms with Crippen LogP contribution in [0.4, 0.5) is 13.2 Å². The molecular formula is C15H10ClF3O2. The van der Waals surface area contributed by atoms with Gasteiger partial charge < -0.3 is 4.74 Å². The SMILES string of the molecule is CC(=O)c1cccc(-c2ccccc2OC(F)(F)F)c1Cl. The van der Waals surface area contributed by atoms with Gasteiger partial charge in [0.05, 0.1) is 5.02 Å². The summed E-state index contributed by atoms with van der Waals surface area (Å²) in [5.74, 6) is -0.635. The average molecular weight is 315 g/mol. The molecule has 0 saturated heterocycles. The van der Waals surface area contributed by atoms with Crippen LogP contribution in [-0.2, 0) is 0 Å². The Kier molecular flexibility index (Phi) is 4.23. The fraction of sp³-hybridized carbons (Fsp3) is 0.133. The molecule has 0 atom stereocenters. The van der Waals surface area contributed by atoms with E-state index >= 15 is 0 Å². The Morgan fingerprint density at radius 3 is 2.29 bits per heavy atom. The number of carbonyl (C=O) groups excluding carboxylic acids is 1. The van der Waals surface area contributed by atoms with Gasteiger partial charge in [-0.3, -0.25) is 4.79 Å². The first-order valence-electron chi connectivity index (χ1n) is 5.94. The third-order valence-electron chi connectivity index (χ3n) is 2.78. The van der Waals surface area contributed by atoms with Gasteiger partial charge in [0, 0.05) is 16.7 Å². The molecule has 0 aliphatic heterocycles. The van der Waals surface area contributed by atoms with E-state index in [4.69, 9.17) is 11.6 Å². The van der Waals surface area contributed by atoms with Gasteiger partial charge >= 0.3 is 6.36 Å². The van der Waals surface area contributed by atoms with E-state index in [0.717, 1.165) is 0 Å². The fourth-order valence-corrected chi connectivity index (χ4v) is 2.28. The highest BCUT2D eigenvalue weighted by Crippen LogP contribution is 2.38. The molecule has 6 heteroatoms. The summed E-state index contributed by atoms with van der Waals surface area (Å²) >= 11 is 6.12. The lowest BCUT2D eigenvalue weighted by atomic mass is 10.0. The van der Waals surface area contributed by atoms with E-state index in [1.54, 1.807) is 12.1 Å². The molecule has 2 rings (SSSR count). The third kappa shape index (κ3) is 3.55. The van der Waals surface area contributed by atoms with Crippen LogP contribution in [0, 0.1) is 0 Å². The monoisotopic (exact) mass is 314 g/mol. The van der Waals surface area contributed by atoms with E-state index in [-0.39, 0.29) is 27.7 Å². The second-order valence-electron chi connectivity index (χ2n) is 4.27. The quantitative estimate of drug-likeness (QED) is 0.736. The fourth-order valence-electron chi connectivity index (χ4n) is 1.91. The van der Waals surface area contributed by atoms with Gasteiger partial charge in [0.1, 0.15) is 5.75 Å². The number of hydrogen-bond acceptors (Lipinski definition) is 2. The van der Waals surface area contributed by atoms with Gasteiger partial charge in [-0.05, 0) is 19.1 Å². The average Bonchev–Trinajstić information content (AvgIpc) is 2.38. The van der Waals surface area contributed by atoms with E-state index in [1.807, 2.05) is 0 Å². The lowest BCUT2D eigenvalue weighted by Crippen LogP contribution is -2.17. The predicted molar refractivity (Wildman–Crippen MR) is 73.6 cm³/mol. The number of Topliss-reactive ketones (excluding diaryl/α,β-unsaturated/α-hetero) is 1. The lowest BCUT2D eigenvalue weighted by Gasteiger charge is -2.15. The molecule has 0 N–H and O–H groups in total. The zero-order valence-corrected chi connectivity index (χ0v) is 11.6. The van der Waals surface area contributed by atoms with Crippen LogP contribution in [0.3, 0.4) is 0 Å². The Balaban J connectivity index is 2.58. The first-order valence-corrected chi connectivity index (χ1v) is 6.32. The van der Waals surface area contributed by atoms with Gasteiger partial charge in [-0.1, -0.05) is 41.9 Å². The summed E-state index contributed by atoms with van der Waals surface area (Å²) in [5, 5.41) is 0.100. The molecule has 0 heterocycles. The summed E-state index contributed by atoms with van der Waals surface area (Å²) in [5.41, 5.74) is 0.725. The highest BCUT2D eigenvalue weighted by atomic mass is 35.5. The normalized spacial score (nSPS) is 11.3. The molecule has 110 valence electrons. The Morgan fingerprint density at radius 2 is 1.67 bits per heavy atom. The Labute approximate surface area is 124 Å². The minimum absolute atomic E-state index is 0.100. The van der Waals surface area contributed by atoms with Gasteiger partial charge in [0.2, 0.25) is 0 Å². The predicted octanol–water partition coefficient (Wildman–Crippen LogP) is 5.11. The van der Waals surface area contributed by atoms with Crippen LogP contribution in [-0.4, -0.2) is 12.1 Å². The van der Waals surface area contributed by atoms with Crippen molar-refractivity contribution in [2.45, 2.75) is 13.3 Å². The van der Waals surface area contributed by atoms with Gasteiger partial charge in [-0.25, -0.2) is 0 Å². The molecule has 0 spiro atoms. The van der Waals surface area contributed by atoms with Crippen molar-refractivity contribution >= 4 is 17.4 Å². The van der Waals surface area contributed by atoms with Crippen molar-refractivity contribution in [2.75, 3.05) is 0 Å². The standard InChI is InChI=1S/C15H10ClF3O2/c1-9(20)10-6-4-7-12(14(10)16)11-5-2-3-8-13(11)21-15(17,18)19/h2-8H,1H3. The molecule has 0 bridgehead atoms. The van der Waals surface area contributed by atoms with Crippen LogP contribution in [0.5, 0.6) is 5.75 Å². The van der Waals surface area contributed by atoms with Crippen LogP contribution >= 0.6 is 11.6 Å². The van der Waals surface area contributed by atoms with E-state index in [0.29, 0.717) is 5.56 Å². The highest BCUT2D eigenvalue weighted by Gasteiger charge is 2.32. The number of rotatable bonds is 3. The number of hydrogen-bond donors (Lipinski definition) is 0. The molecule has 0 fully saturated rings. The number of ketones is 1. The van der Waals surface area contributed by atoms with E-state index in [9.17, 15) is 18.0 Å². The minimum atomic E-state index is -4.80. The second-order valence-corrected chi connectivity index (χ2v) is 4.65. The molecule has 0 radical (unpaired) electrons. The maximum atomic E-state index is 12.4. The molecule has 2 aromatic rings. The molecule has 0 amide bonds. The van der Waals surface area contributed by atoms with Crippen molar-refractivity contribution in [3.8, 4) is 16.9 Å². The number of ether oxygens (including phenoxy) is 1. The summed E-state index contributed by atoms with van der Waals surface area (Å²) in [7, 11) is 0. The van der Waals surface area contributed by atoms with Crippen molar-refractivity contribution in [1.82, 2.24) is 0 Å². The molecule has 0 aliphatic carbocycles. The maximum Gasteiger partial charge on any atom is 0.573 e. The van der Waals surface area contributed by atoms with Crippen molar-refractivity contribution in [3.05, 3.63) is 53.1 Å². The van der Waals surface area contributed by atoms with Gasteiger partial charge in [0.15, 0.2) is 5.78 Å². The van der Waals surface area contributed by atoms with Crippen LogP contribution in [0.2, 0.25) is 5.02 Å². The van der Waals surface area contributed by atoms with Gasteiger partial charge in [-0.15, -0.1) is 13.2 Å². The summed E-state index contributed by atoms with van der Waals surface area (Å²) in [4.78, 5) is 11.5. The van der Waals surface area contributed by atoms with E-state index in [2.05, 4.69) is 4.74 Å². The van der Waals surface area contributed by atoms with E-state index < -0.39 is 6.36 Å². The molecular weight excluding hydrogens is 305 g/mol. The summed E-state index contributed by atoms with van der Waals surface area (Å²) in [6.07, 6.45) is -4.80. The van der Waals surface area contributed by atoms with E-state index in [1.165, 1.54) is 37.3 Å². The number of benzene rings is 2. The van der Waals surface area contributed by atoms with Crippen molar-refractivity contribution < 1.29 is 22.7 Å². The zero-order chi connectivity index (χ0) is 15.6. The van der Waals surface area contributed by atoms with Gasteiger partial charge in [0.25, 0.3) is 0 Å². The first kappa shape index (κ1) is 15.4. The first-order chi connectivity index (χ1) is 9.79. The molecule has 0 aromatic heterocycles. The molecule has 2 aromatic carbocycles. The van der Waals surface area contributed by atoms with Crippen LogP contribution in [0.15, 0.2) is 42.5 Å². The maximum absolute atomic E-state index is 12.4. The van der Waals surface area contributed by atoms with Crippen molar-refractivity contribution in [2.24, 2.45) is 0 Å². The largest absolute Gasteiger partial charge is 0.573 e. The van der Waals surface area contributed by atoms with Crippen molar-refractivity contribution in [3.63, 3.8) is 0 Å². The lowest BCUT2D eigenvalue weighted by molar-refractivity contribution is -0.274. The molecule has 0 saturated carbocycles. The summed E-state index contributed by atoms with van der Waals surface area (Å²) < 4.78 is 41.3. The number of carbonyl (C=O) groups is 1. The third-order valence-corrected chi connectivity index (χ3v) is 3.19. The summed E-state index contributed by atoms with van der Waals surface area (Å²) in [6.45, 7) is 1.34. The smallest absolute Gasteiger partial charge is 0.405 e. The molecule has 2 nitrogen and oxygen atoms in total. The molecule has 0 unspecified atom stereocenters. The number of alkyl halides is 3. The summed E-state index contributed by atoms with van der Waals surface area (Å²) in [6, 6.07) is 10.2. The zero-order valence-electron chi connectivity index (χ0n) is 10.9. The number of para-hydroxylation sites is 1. The van der Waals surface area contributed by atoms with Crippen LogP contribution in [0.25, 0.3) is 11.1 Å². The van der Waals surface area contributed by atoms with Crippen LogP contribution < -0.4 is 4.74 Å². The van der Waals surface area contributed by atoms with Gasteiger partial charge in [-0.2, -0.15) is 0 Å². The Morgan fingerprint density at radius 1 is 1.05 bits per heavy atom. The number of halogens is 4. The van der Waals surface area contributed by atoms with Crippen molar-refractivity contribution in [1.29, 1.82) is 0 Å². The van der Waals surface area contributed by atoms with Crippen LogP contribution in [0.1, 0.15) is 17.3 Å². The highest BCUT2D eigenvalue weighted by molar-refractivity contribution is 6.36. The topological polar surface area (TPSA) is 26.3 Å². The molecule has 21 heavy (non-hydrogen) atoms. The molecule has 0 aliphatic rings. The Bertz CT molecular complexity index is 681. The minimum Gasteiger partial charge on any atom is -0.405 e. The second kappa shape index (κ2) is 5.77. The Hall–Kier alpha value is -2.01.